The van der Waals surface area contributed by atoms with E-state index >= 15 is 0 Å². The first-order valence-electron chi connectivity index (χ1n) is 4.04. The number of rotatable bonds is 1. The first-order valence-corrected chi connectivity index (χ1v) is 4.04. The molecule has 68 valence electrons. The molecule has 1 atom stereocenters. The van der Waals surface area contributed by atoms with E-state index in [1.807, 2.05) is 20.8 Å². The van der Waals surface area contributed by atoms with E-state index in [0.717, 1.165) is 12.1 Å². The Morgan fingerprint density at radius 3 is 2.50 bits per heavy atom. The molecule has 0 bridgehead atoms. The van der Waals surface area contributed by atoms with Crippen LogP contribution in [0.4, 0.5) is 0 Å². The van der Waals surface area contributed by atoms with Crippen LogP contribution >= 0.6 is 0 Å². The summed E-state index contributed by atoms with van der Waals surface area (Å²) in [5, 5.41) is 2.94. The maximum absolute atomic E-state index is 11.3. The van der Waals surface area contributed by atoms with E-state index in [1.165, 1.54) is 0 Å². The molecule has 0 radical (unpaired) electrons. The van der Waals surface area contributed by atoms with Gasteiger partial charge in [-0.25, -0.2) is 4.79 Å². The van der Waals surface area contributed by atoms with Crippen LogP contribution in [0.15, 0.2) is 12.2 Å². The van der Waals surface area contributed by atoms with Crippen molar-refractivity contribution in [3.63, 3.8) is 0 Å². The van der Waals surface area contributed by atoms with Gasteiger partial charge in [-0.05, 0) is 26.3 Å². The first kappa shape index (κ1) is 9.26. The van der Waals surface area contributed by atoms with E-state index in [2.05, 4.69) is 11.9 Å². The Hall–Kier alpha value is -0.830. The third kappa shape index (κ3) is 2.08. The molecule has 0 aromatic rings. The number of carbonyl (C=O) groups excluding carboxylic acids is 1. The van der Waals surface area contributed by atoms with Gasteiger partial charge >= 0.3 is 5.97 Å². The first-order chi connectivity index (χ1) is 5.40. The summed E-state index contributed by atoms with van der Waals surface area (Å²) in [4.78, 5) is 11.3. The summed E-state index contributed by atoms with van der Waals surface area (Å²) in [6.45, 7) is 10.0. The van der Waals surface area contributed by atoms with Crippen LogP contribution in [0.1, 0.15) is 20.8 Å². The fraction of sp³-hybridized carbons (Fsp3) is 0.667. The Balaban J connectivity index is 2.44. The lowest BCUT2D eigenvalue weighted by atomic mass is 10.0. The molecule has 3 heteroatoms. The normalized spacial score (nSPS) is 23.2. The van der Waals surface area contributed by atoms with E-state index in [0.29, 0.717) is 0 Å². The van der Waals surface area contributed by atoms with E-state index in [-0.39, 0.29) is 12.0 Å². The monoisotopic (exact) mass is 169 g/mol. The van der Waals surface area contributed by atoms with Gasteiger partial charge in [-0.3, -0.25) is 5.32 Å². The van der Waals surface area contributed by atoms with Crippen molar-refractivity contribution >= 4 is 5.97 Å². The maximum Gasteiger partial charge on any atom is 0.328 e. The van der Waals surface area contributed by atoms with Crippen molar-refractivity contribution in [2.24, 2.45) is 0 Å². The number of hydrogen-bond donors (Lipinski definition) is 1. The number of carbonyl (C=O) groups is 1. The minimum absolute atomic E-state index is 0.223. The Kier molecular flexibility index (Phi) is 2.24. The molecule has 0 spiro atoms. The molecule has 0 amide bonds. The Labute approximate surface area is 72.8 Å². The molecular weight excluding hydrogens is 154 g/mol. The second-order valence-electron chi connectivity index (χ2n) is 4.01. The summed E-state index contributed by atoms with van der Waals surface area (Å²) < 4.78 is 5.15. The molecular formula is C9H15NO2. The highest BCUT2D eigenvalue weighted by molar-refractivity contribution is 5.81. The van der Waals surface area contributed by atoms with Gasteiger partial charge in [0.25, 0.3) is 0 Å². The smallest absolute Gasteiger partial charge is 0.328 e. The van der Waals surface area contributed by atoms with Crippen molar-refractivity contribution in [3.05, 3.63) is 12.2 Å². The fourth-order valence-corrected chi connectivity index (χ4v) is 0.959. The SMILES string of the molecule is C=C1CNC1C(=O)OC(C)(C)C. The zero-order chi connectivity index (χ0) is 9.35. The van der Waals surface area contributed by atoms with Gasteiger partial charge in [0.2, 0.25) is 0 Å². The van der Waals surface area contributed by atoms with Crippen molar-refractivity contribution in [2.75, 3.05) is 6.54 Å². The Morgan fingerprint density at radius 1 is 1.67 bits per heavy atom. The van der Waals surface area contributed by atoms with Crippen molar-refractivity contribution in [1.29, 1.82) is 0 Å². The molecule has 0 aromatic carbocycles. The largest absolute Gasteiger partial charge is 0.459 e. The molecule has 1 aliphatic rings. The third-order valence-electron chi connectivity index (χ3n) is 1.58. The summed E-state index contributed by atoms with van der Waals surface area (Å²) >= 11 is 0. The second kappa shape index (κ2) is 2.90. The number of hydrogen-bond acceptors (Lipinski definition) is 3. The topological polar surface area (TPSA) is 38.3 Å². The summed E-state index contributed by atoms with van der Waals surface area (Å²) in [7, 11) is 0. The predicted octanol–water partition coefficient (Wildman–Crippen LogP) is 0.856. The van der Waals surface area contributed by atoms with Crippen LogP contribution in [-0.2, 0) is 9.53 Å². The quantitative estimate of drug-likeness (QED) is 0.467. The minimum atomic E-state index is -0.408. The number of ether oxygens (including phenoxy) is 1. The molecule has 1 saturated heterocycles. The average molecular weight is 169 g/mol. The van der Waals surface area contributed by atoms with E-state index in [1.54, 1.807) is 0 Å². The second-order valence-corrected chi connectivity index (χ2v) is 4.01. The van der Waals surface area contributed by atoms with Gasteiger partial charge in [-0.2, -0.15) is 0 Å². The van der Waals surface area contributed by atoms with Crippen LogP contribution in [-0.4, -0.2) is 24.2 Å². The molecule has 0 saturated carbocycles. The highest BCUT2D eigenvalue weighted by Gasteiger charge is 2.32. The molecule has 0 aromatic heterocycles. The van der Waals surface area contributed by atoms with E-state index in [4.69, 9.17) is 4.74 Å². The van der Waals surface area contributed by atoms with Gasteiger partial charge in [0.1, 0.15) is 11.6 Å². The van der Waals surface area contributed by atoms with Crippen molar-refractivity contribution in [1.82, 2.24) is 5.32 Å². The van der Waals surface area contributed by atoms with Gasteiger partial charge in [0.05, 0.1) is 0 Å². The van der Waals surface area contributed by atoms with Gasteiger partial charge in [0.15, 0.2) is 0 Å². The van der Waals surface area contributed by atoms with Crippen molar-refractivity contribution < 1.29 is 9.53 Å². The summed E-state index contributed by atoms with van der Waals surface area (Å²) in [5.41, 5.74) is 0.499. The van der Waals surface area contributed by atoms with Crippen LogP contribution in [0.2, 0.25) is 0 Å². The standard InChI is InChI=1S/C9H15NO2/c1-6-5-10-7(6)8(11)12-9(2,3)4/h7,10H,1,5H2,2-4H3. The molecule has 1 N–H and O–H groups in total. The highest BCUT2D eigenvalue weighted by atomic mass is 16.6. The van der Waals surface area contributed by atoms with Crippen LogP contribution in [0.5, 0.6) is 0 Å². The summed E-state index contributed by atoms with van der Waals surface area (Å²) in [5.74, 6) is -0.223. The lowest BCUT2D eigenvalue weighted by Gasteiger charge is -2.31. The minimum Gasteiger partial charge on any atom is -0.459 e. The molecule has 3 nitrogen and oxygen atoms in total. The molecule has 1 fully saturated rings. The van der Waals surface area contributed by atoms with Crippen molar-refractivity contribution in [2.45, 2.75) is 32.4 Å². The molecule has 1 rings (SSSR count). The Morgan fingerprint density at radius 2 is 2.25 bits per heavy atom. The maximum atomic E-state index is 11.3. The van der Waals surface area contributed by atoms with Gasteiger partial charge in [0, 0.05) is 6.54 Å². The lowest BCUT2D eigenvalue weighted by Crippen LogP contribution is -2.52. The lowest BCUT2D eigenvalue weighted by molar-refractivity contribution is -0.157. The number of nitrogens with one attached hydrogen (secondary N) is 1. The summed E-state index contributed by atoms with van der Waals surface area (Å²) in [6.07, 6.45) is 0. The predicted molar refractivity (Wildman–Crippen MR) is 46.8 cm³/mol. The zero-order valence-electron chi connectivity index (χ0n) is 7.81. The van der Waals surface area contributed by atoms with Crippen LogP contribution in [0.25, 0.3) is 0 Å². The average Bonchev–Trinajstić information content (AvgIpc) is 1.79. The zero-order valence-corrected chi connectivity index (χ0v) is 7.81. The molecule has 12 heavy (non-hydrogen) atoms. The summed E-state index contributed by atoms with van der Waals surface area (Å²) in [6, 6.07) is -0.274. The molecule has 1 aliphatic heterocycles. The highest BCUT2D eigenvalue weighted by Crippen LogP contribution is 2.15. The van der Waals surface area contributed by atoms with Gasteiger partial charge < -0.3 is 4.74 Å². The van der Waals surface area contributed by atoms with Crippen LogP contribution in [0, 0.1) is 0 Å². The fourth-order valence-electron chi connectivity index (χ4n) is 0.959. The Bertz CT molecular complexity index is 215. The molecule has 1 heterocycles. The van der Waals surface area contributed by atoms with Gasteiger partial charge in [-0.15, -0.1) is 0 Å². The third-order valence-corrected chi connectivity index (χ3v) is 1.58. The van der Waals surface area contributed by atoms with Crippen LogP contribution < -0.4 is 5.32 Å². The van der Waals surface area contributed by atoms with Gasteiger partial charge in [-0.1, -0.05) is 6.58 Å². The van der Waals surface area contributed by atoms with E-state index < -0.39 is 5.60 Å². The van der Waals surface area contributed by atoms with E-state index in [9.17, 15) is 4.79 Å². The molecule has 0 aliphatic carbocycles. The number of esters is 1. The van der Waals surface area contributed by atoms with Crippen molar-refractivity contribution in [3.8, 4) is 0 Å². The van der Waals surface area contributed by atoms with Crippen LogP contribution in [0.3, 0.4) is 0 Å². The molecule has 1 unspecified atom stereocenters.